The Hall–Kier alpha value is -2.81. The predicted molar refractivity (Wildman–Crippen MR) is 133 cm³/mol. The lowest BCUT2D eigenvalue weighted by Gasteiger charge is -2.21. The van der Waals surface area contributed by atoms with Gasteiger partial charge in [0, 0.05) is 18.0 Å². The molecule has 0 aromatic heterocycles. The number of methoxy groups -OCH3 is 1. The SMILES string of the molecule is CCN(CC)S(=O)(=O)c1ccc(OC)c(NC(=O)[C@@H](Sc2ccccc2)c2ccccc2)c1. The third-order valence-electron chi connectivity index (χ3n) is 5.11. The van der Waals surface area contributed by atoms with Crippen LogP contribution in [0.25, 0.3) is 0 Å². The molecule has 0 radical (unpaired) electrons. The third kappa shape index (κ3) is 5.96. The van der Waals surface area contributed by atoms with Crippen molar-refractivity contribution in [2.75, 3.05) is 25.5 Å². The van der Waals surface area contributed by atoms with Gasteiger partial charge in [0.2, 0.25) is 15.9 Å². The molecule has 0 aliphatic heterocycles. The monoisotopic (exact) mass is 484 g/mol. The quantitative estimate of drug-likeness (QED) is 0.401. The Morgan fingerprint density at radius 2 is 1.58 bits per heavy atom. The fourth-order valence-electron chi connectivity index (χ4n) is 3.39. The van der Waals surface area contributed by atoms with Crippen molar-refractivity contribution in [3.63, 3.8) is 0 Å². The minimum atomic E-state index is -3.68. The van der Waals surface area contributed by atoms with Gasteiger partial charge in [-0.15, -0.1) is 11.8 Å². The Bertz CT molecular complexity index is 1170. The van der Waals surface area contributed by atoms with Gasteiger partial charge in [-0.2, -0.15) is 4.31 Å². The number of nitrogens with one attached hydrogen (secondary N) is 1. The van der Waals surface area contributed by atoms with Crippen LogP contribution in [0.1, 0.15) is 24.7 Å². The molecule has 0 aliphatic carbocycles. The molecule has 0 unspecified atom stereocenters. The zero-order chi connectivity index (χ0) is 23.8. The first kappa shape index (κ1) is 24.8. The highest BCUT2D eigenvalue weighted by molar-refractivity contribution is 8.00. The van der Waals surface area contributed by atoms with Gasteiger partial charge in [0.25, 0.3) is 0 Å². The van der Waals surface area contributed by atoms with Gasteiger partial charge in [-0.1, -0.05) is 62.4 Å². The zero-order valence-electron chi connectivity index (χ0n) is 18.9. The lowest BCUT2D eigenvalue weighted by Crippen LogP contribution is -2.30. The number of hydrogen-bond acceptors (Lipinski definition) is 5. The van der Waals surface area contributed by atoms with Crippen molar-refractivity contribution < 1.29 is 17.9 Å². The second-order valence-electron chi connectivity index (χ2n) is 7.16. The summed E-state index contributed by atoms with van der Waals surface area (Å²) >= 11 is 1.43. The van der Waals surface area contributed by atoms with Crippen LogP contribution in [0.3, 0.4) is 0 Å². The first-order valence-corrected chi connectivity index (χ1v) is 13.0. The van der Waals surface area contributed by atoms with E-state index >= 15 is 0 Å². The molecule has 0 heterocycles. The van der Waals surface area contributed by atoms with E-state index < -0.39 is 15.3 Å². The fraction of sp³-hybridized carbons (Fsp3) is 0.240. The number of anilines is 1. The average Bonchev–Trinajstić information content (AvgIpc) is 2.84. The molecule has 3 aromatic carbocycles. The molecule has 0 spiro atoms. The predicted octanol–water partition coefficient (Wildman–Crippen LogP) is 5.20. The van der Waals surface area contributed by atoms with Gasteiger partial charge in [-0.25, -0.2) is 8.42 Å². The zero-order valence-corrected chi connectivity index (χ0v) is 20.5. The van der Waals surface area contributed by atoms with Crippen LogP contribution in [0.2, 0.25) is 0 Å². The summed E-state index contributed by atoms with van der Waals surface area (Å²) in [6.07, 6.45) is 0. The molecule has 0 saturated heterocycles. The van der Waals surface area contributed by atoms with E-state index in [2.05, 4.69) is 5.32 Å². The Balaban J connectivity index is 1.96. The Labute approximate surface area is 200 Å². The van der Waals surface area contributed by atoms with Gasteiger partial charge in [0.05, 0.1) is 17.7 Å². The van der Waals surface area contributed by atoms with E-state index in [1.165, 1.54) is 35.3 Å². The van der Waals surface area contributed by atoms with Crippen molar-refractivity contribution in [3.05, 3.63) is 84.4 Å². The normalized spacial score (nSPS) is 12.4. The number of carbonyl (C=O) groups excluding carboxylic acids is 1. The maximum Gasteiger partial charge on any atom is 0.243 e. The molecule has 0 bridgehead atoms. The summed E-state index contributed by atoms with van der Waals surface area (Å²) in [4.78, 5) is 14.5. The third-order valence-corrected chi connectivity index (χ3v) is 8.42. The van der Waals surface area contributed by atoms with Crippen LogP contribution in [0.4, 0.5) is 5.69 Å². The van der Waals surface area contributed by atoms with Crippen molar-refractivity contribution in [2.45, 2.75) is 28.9 Å². The van der Waals surface area contributed by atoms with E-state index in [-0.39, 0.29) is 10.8 Å². The molecule has 3 aromatic rings. The number of amides is 1. The van der Waals surface area contributed by atoms with E-state index in [4.69, 9.17) is 4.74 Å². The minimum Gasteiger partial charge on any atom is -0.495 e. The van der Waals surface area contributed by atoms with E-state index in [9.17, 15) is 13.2 Å². The molecule has 3 rings (SSSR count). The number of sulfonamides is 1. The van der Waals surface area contributed by atoms with Gasteiger partial charge < -0.3 is 10.1 Å². The first-order valence-electron chi connectivity index (χ1n) is 10.7. The van der Waals surface area contributed by atoms with Gasteiger partial charge in [-0.05, 0) is 35.9 Å². The molecule has 1 N–H and O–H groups in total. The molecule has 8 heteroatoms. The summed E-state index contributed by atoms with van der Waals surface area (Å²) in [7, 11) is -2.20. The molecule has 0 fully saturated rings. The molecule has 6 nitrogen and oxygen atoms in total. The van der Waals surface area contributed by atoms with Crippen LogP contribution in [0.15, 0.2) is 88.7 Å². The molecular formula is C25H28N2O4S2. The van der Waals surface area contributed by atoms with Gasteiger partial charge in [0.15, 0.2) is 0 Å². The second kappa shape index (κ2) is 11.4. The number of ether oxygens (including phenoxy) is 1. The summed E-state index contributed by atoms with van der Waals surface area (Å²) in [5.74, 6) is 0.115. The molecule has 1 amide bonds. The molecule has 0 saturated carbocycles. The topological polar surface area (TPSA) is 75.7 Å². The summed E-state index contributed by atoms with van der Waals surface area (Å²) in [6.45, 7) is 4.30. The largest absolute Gasteiger partial charge is 0.495 e. The molecule has 174 valence electrons. The standard InChI is InChI=1S/C25H28N2O4S2/c1-4-27(5-2)33(29,30)21-16-17-23(31-3)22(18-21)26-25(28)24(19-12-8-6-9-13-19)32-20-14-10-7-11-15-20/h6-18,24H,4-5H2,1-3H3,(H,26,28)/t24-/m0/s1. The fourth-order valence-corrected chi connectivity index (χ4v) is 5.92. The van der Waals surface area contributed by atoms with Crippen molar-refractivity contribution in [2.24, 2.45) is 0 Å². The van der Waals surface area contributed by atoms with Gasteiger partial charge in [0.1, 0.15) is 11.0 Å². The van der Waals surface area contributed by atoms with Crippen molar-refractivity contribution in [1.29, 1.82) is 0 Å². The maximum absolute atomic E-state index is 13.4. The number of rotatable bonds is 10. The summed E-state index contributed by atoms with van der Waals surface area (Å²) in [5.41, 5.74) is 1.15. The first-order chi connectivity index (χ1) is 15.9. The summed E-state index contributed by atoms with van der Waals surface area (Å²) < 4.78 is 32.8. The van der Waals surface area contributed by atoms with Gasteiger partial charge >= 0.3 is 0 Å². The van der Waals surface area contributed by atoms with Crippen molar-refractivity contribution >= 4 is 33.4 Å². The van der Waals surface area contributed by atoms with Gasteiger partial charge in [-0.3, -0.25) is 4.79 Å². The van der Waals surface area contributed by atoms with Crippen LogP contribution in [0, 0.1) is 0 Å². The minimum absolute atomic E-state index is 0.106. The highest BCUT2D eigenvalue weighted by atomic mass is 32.2. The van der Waals surface area contributed by atoms with E-state index in [1.54, 1.807) is 19.9 Å². The number of hydrogen-bond donors (Lipinski definition) is 1. The Morgan fingerprint density at radius 3 is 2.15 bits per heavy atom. The maximum atomic E-state index is 13.4. The lowest BCUT2D eigenvalue weighted by molar-refractivity contribution is -0.115. The summed E-state index contributed by atoms with van der Waals surface area (Å²) in [6, 6.07) is 23.7. The molecular weight excluding hydrogens is 456 g/mol. The lowest BCUT2D eigenvalue weighted by atomic mass is 10.1. The Morgan fingerprint density at radius 1 is 0.970 bits per heavy atom. The van der Waals surface area contributed by atoms with Crippen LogP contribution in [-0.2, 0) is 14.8 Å². The highest BCUT2D eigenvalue weighted by Gasteiger charge is 2.26. The van der Waals surface area contributed by atoms with E-state index in [1.807, 2.05) is 60.7 Å². The number of carbonyl (C=O) groups is 1. The number of thioether (sulfide) groups is 1. The summed E-state index contributed by atoms with van der Waals surface area (Å²) in [5, 5.41) is 2.36. The molecule has 33 heavy (non-hydrogen) atoms. The van der Waals surface area contributed by atoms with Crippen LogP contribution in [-0.4, -0.2) is 38.8 Å². The molecule has 1 atom stereocenters. The highest BCUT2D eigenvalue weighted by Crippen LogP contribution is 2.37. The van der Waals surface area contributed by atoms with Crippen LogP contribution in [0.5, 0.6) is 5.75 Å². The number of benzene rings is 3. The Kier molecular flexibility index (Phi) is 8.55. The molecule has 0 aliphatic rings. The smallest absolute Gasteiger partial charge is 0.243 e. The van der Waals surface area contributed by atoms with E-state index in [0.717, 1.165) is 10.5 Å². The average molecular weight is 485 g/mol. The van der Waals surface area contributed by atoms with Crippen LogP contribution >= 0.6 is 11.8 Å². The van der Waals surface area contributed by atoms with Crippen LogP contribution < -0.4 is 10.1 Å². The second-order valence-corrected chi connectivity index (χ2v) is 10.3. The van der Waals surface area contributed by atoms with Crippen molar-refractivity contribution in [3.8, 4) is 5.75 Å². The van der Waals surface area contributed by atoms with E-state index in [0.29, 0.717) is 24.5 Å². The van der Waals surface area contributed by atoms with Crippen molar-refractivity contribution in [1.82, 2.24) is 4.31 Å². The number of nitrogens with zero attached hydrogens (tertiary/aromatic N) is 1.